The summed E-state index contributed by atoms with van der Waals surface area (Å²) in [4.78, 5) is 11.3. The maximum absolute atomic E-state index is 11.5. The van der Waals surface area contributed by atoms with Crippen LogP contribution in [0.3, 0.4) is 0 Å². The normalized spacial score (nSPS) is 28.0. The van der Waals surface area contributed by atoms with Gasteiger partial charge in [0.15, 0.2) is 0 Å². The minimum atomic E-state index is -0.222. The molecule has 2 saturated heterocycles. The average Bonchev–Trinajstić information content (AvgIpc) is 2.80. The van der Waals surface area contributed by atoms with Gasteiger partial charge in [-0.1, -0.05) is 42.5 Å². The first-order valence-corrected chi connectivity index (χ1v) is 9.32. The monoisotopic (exact) mass is 337 g/mol. The summed E-state index contributed by atoms with van der Waals surface area (Å²) in [6, 6.07) is 19.3. The van der Waals surface area contributed by atoms with E-state index in [9.17, 15) is 10.1 Å². The lowest BCUT2D eigenvalue weighted by Crippen LogP contribution is -2.57. The molecule has 0 N–H and O–H groups in total. The number of piperidine rings is 1. The summed E-state index contributed by atoms with van der Waals surface area (Å²) in [6.45, 7) is 1.77. The fraction of sp³-hybridized carbons (Fsp3) is 0.429. The first-order valence-electron chi connectivity index (χ1n) is 9.32. The van der Waals surface area contributed by atoms with Crippen molar-refractivity contribution in [3.05, 3.63) is 75.8 Å². The zero-order valence-corrected chi connectivity index (χ0v) is 14.5. The highest BCUT2D eigenvalue weighted by Gasteiger charge is 2.51. The number of hydrogen-bond acceptors (Lipinski definition) is 2. The van der Waals surface area contributed by atoms with Crippen molar-refractivity contribution in [1.29, 1.82) is 0 Å². The fourth-order valence-electron chi connectivity index (χ4n) is 5.22. The molecule has 2 unspecified atom stereocenters. The van der Waals surface area contributed by atoms with Gasteiger partial charge in [0, 0.05) is 24.5 Å². The van der Waals surface area contributed by atoms with Gasteiger partial charge in [-0.2, -0.15) is 0 Å². The molecule has 0 aromatic heterocycles. The molecular weight excluding hydrogens is 312 g/mol. The van der Waals surface area contributed by atoms with E-state index in [2.05, 4.69) is 30.3 Å². The summed E-state index contributed by atoms with van der Waals surface area (Å²) in [5.74, 6) is 0. The molecule has 0 saturated carbocycles. The molecule has 4 rings (SSSR count). The summed E-state index contributed by atoms with van der Waals surface area (Å²) in [7, 11) is 0. The Labute approximate surface area is 148 Å². The van der Waals surface area contributed by atoms with Crippen LogP contribution in [0.5, 0.6) is 0 Å². The lowest BCUT2D eigenvalue weighted by atomic mass is 9.95. The molecule has 2 atom stereocenters. The summed E-state index contributed by atoms with van der Waals surface area (Å²) >= 11 is 0. The van der Waals surface area contributed by atoms with Gasteiger partial charge in [-0.15, -0.1) is 0 Å². The second-order valence-corrected chi connectivity index (χ2v) is 7.61. The molecule has 0 amide bonds. The van der Waals surface area contributed by atoms with Gasteiger partial charge < -0.3 is 4.48 Å². The molecule has 2 heterocycles. The van der Waals surface area contributed by atoms with Crippen molar-refractivity contribution >= 4 is 5.69 Å². The van der Waals surface area contributed by atoms with Gasteiger partial charge in [-0.25, -0.2) is 0 Å². The van der Waals surface area contributed by atoms with Crippen LogP contribution in [-0.2, 0) is 13.1 Å². The molecular formula is C21H25N2O2+. The van der Waals surface area contributed by atoms with Crippen LogP contribution in [-0.4, -0.2) is 21.5 Å². The number of benzene rings is 2. The average molecular weight is 337 g/mol. The van der Waals surface area contributed by atoms with E-state index in [0.29, 0.717) is 12.1 Å². The maximum Gasteiger partial charge on any atom is 0.278 e. The maximum atomic E-state index is 11.5. The Hall–Kier alpha value is -2.20. The highest BCUT2D eigenvalue weighted by Crippen LogP contribution is 2.46. The van der Waals surface area contributed by atoms with E-state index in [1.807, 2.05) is 12.1 Å². The molecule has 2 bridgehead atoms. The second-order valence-electron chi connectivity index (χ2n) is 7.61. The van der Waals surface area contributed by atoms with Gasteiger partial charge in [0.05, 0.1) is 22.6 Å². The van der Waals surface area contributed by atoms with Crippen molar-refractivity contribution in [3.63, 3.8) is 0 Å². The zero-order chi connectivity index (χ0) is 17.3. The Morgan fingerprint density at radius 3 is 2.20 bits per heavy atom. The van der Waals surface area contributed by atoms with E-state index in [0.717, 1.165) is 23.1 Å². The van der Waals surface area contributed by atoms with Gasteiger partial charge in [-0.3, -0.25) is 10.1 Å². The number of nitrogens with zero attached hydrogens (tertiary/aromatic N) is 2. The van der Waals surface area contributed by atoms with E-state index in [1.54, 1.807) is 12.1 Å². The third kappa shape index (κ3) is 2.95. The van der Waals surface area contributed by atoms with Crippen LogP contribution in [0, 0.1) is 10.1 Å². The van der Waals surface area contributed by atoms with E-state index in [1.165, 1.54) is 37.7 Å². The first-order chi connectivity index (χ1) is 12.2. The van der Waals surface area contributed by atoms with Crippen LogP contribution in [0.25, 0.3) is 0 Å². The van der Waals surface area contributed by atoms with E-state index in [4.69, 9.17) is 0 Å². The van der Waals surface area contributed by atoms with Crippen LogP contribution < -0.4 is 0 Å². The van der Waals surface area contributed by atoms with Gasteiger partial charge >= 0.3 is 0 Å². The SMILES string of the molecule is O=[N+]([O-])c1ccccc1C[N+]1(Cc2ccccc2)C2CCCC1CC2. The molecule has 2 fully saturated rings. The van der Waals surface area contributed by atoms with Crippen LogP contribution in [0.2, 0.25) is 0 Å². The number of para-hydroxylation sites is 1. The molecule has 2 aliphatic rings. The van der Waals surface area contributed by atoms with E-state index >= 15 is 0 Å². The molecule has 4 heteroatoms. The molecule has 130 valence electrons. The van der Waals surface area contributed by atoms with Crippen molar-refractivity contribution < 1.29 is 9.41 Å². The smallest absolute Gasteiger partial charge is 0.278 e. The summed E-state index contributed by atoms with van der Waals surface area (Å²) in [6.07, 6.45) is 6.34. The van der Waals surface area contributed by atoms with Crippen molar-refractivity contribution in [2.24, 2.45) is 0 Å². The number of nitro benzene ring substituents is 1. The number of hydrogen-bond donors (Lipinski definition) is 0. The largest absolute Gasteiger partial charge is 0.311 e. The third-order valence-corrected chi connectivity index (χ3v) is 6.34. The highest BCUT2D eigenvalue weighted by molar-refractivity contribution is 5.39. The molecule has 0 spiro atoms. The quantitative estimate of drug-likeness (QED) is 0.446. The van der Waals surface area contributed by atoms with Gasteiger partial charge in [-0.05, 0) is 25.3 Å². The van der Waals surface area contributed by atoms with Crippen LogP contribution >= 0.6 is 0 Å². The Bertz CT molecular complexity index is 744. The van der Waals surface area contributed by atoms with Gasteiger partial charge in [0.25, 0.3) is 5.69 Å². The number of fused-ring (bicyclic) bond motifs is 2. The van der Waals surface area contributed by atoms with E-state index < -0.39 is 0 Å². The number of quaternary nitrogens is 1. The molecule has 2 aromatic carbocycles. The van der Waals surface area contributed by atoms with Crippen LogP contribution in [0.1, 0.15) is 43.2 Å². The number of rotatable bonds is 5. The van der Waals surface area contributed by atoms with Crippen molar-refractivity contribution in [3.8, 4) is 0 Å². The fourth-order valence-corrected chi connectivity index (χ4v) is 5.22. The Kier molecular flexibility index (Phi) is 4.30. The number of nitro groups is 1. The Morgan fingerprint density at radius 2 is 1.52 bits per heavy atom. The van der Waals surface area contributed by atoms with Crippen LogP contribution in [0.4, 0.5) is 5.69 Å². The second kappa shape index (κ2) is 6.60. The standard InChI is InChI=1S/C21H25N2O2/c24-22(25)21-12-5-4-9-18(21)16-23(15-17-7-2-1-3-8-17)19-10-6-11-20(23)14-13-19/h1-5,7-9,12,19-20H,6,10-11,13-16H2/q+1. The van der Waals surface area contributed by atoms with Crippen molar-refractivity contribution in [2.45, 2.75) is 57.3 Å². The van der Waals surface area contributed by atoms with Crippen LogP contribution in [0.15, 0.2) is 54.6 Å². The summed E-state index contributed by atoms with van der Waals surface area (Å²) < 4.78 is 1.01. The predicted octanol–water partition coefficient (Wildman–Crippen LogP) is 4.83. The van der Waals surface area contributed by atoms with E-state index in [-0.39, 0.29) is 10.6 Å². The minimum absolute atomic E-state index is 0.222. The molecule has 0 aliphatic carbocycles. The summed E-state index contributed by atoms with van der Waals surface area (Å²) in [5, 5.41) is 11.5. The van der Waals surface area contributed by atoms with Crippen molar-refractivity contribution in [1.82, 2.24) is 0 Å². The van der Waals surface area contributed by atoms with Gasteiger partial charge in [0.1, 0.15) is 13.1 Å². The topological polar surface area (TPSA) is 43.1 Å². The molecule has 0 radical (unpaired) electrons. The molecule has 2 aliphatic heterocycles. The highest BCUT2D eigenvalue weighted by atomic mass is 16.6. The minimum Gasteiger partial charge on any atom is -0.311 e. The Balaban J connectivity index is 1.73. The first kappa shape index (κ1) is 16.3. The van der Waals surface area contributed by atoms with Crippen molar-refractivity contribution in [2.75, 3.05) is 0 Å². The molecule has 2 aromatic rings. The molecule has 4 nitrogen and oxygen atoms in total. The van der Waals surface area contributed by atoms with Gasteiger partial charge in [0.2, 0.25) is 0 Å². The Morgan fingerprint density at radius 1 is 0.880 bits per heavy atom. The molecule has 25 heavy (non-hydrogen) atoms. The lowest BCUT2D eigenvalue weighted by Gasteiger charge is -2.48. The zero-order valence-electron chi connectivity index (χ0n) is 14.5. The summed E-state index contributed by atoms with van der Waals surface area (Å²) in [5.41, 5.74) is 2.51. The predicted molar refractivity (Wildman–Crippen MR) is 97.9 cm³/mol. The third-order valence-electron chi connectivity index (χ3n) is 6.34. The lowest BCUT2D eigenvalue weighted by molar-refractivity contribution is -0.990.